The highest BCUT2D eigenvalue weighted by atomic mass is 32.2. The summed E-state index contributed by atoms with van der Waals surface area (Å²) in [5.74, 6) is 0.0788. The Morgan fingerprint density at radius 2 is 1.85 bits per heavy atom. The Morgan fingerprint density at radius 1 is 1.19 bits per heavy atom. The van der Waals surface area contributed by atoms with Gasteiger partial charge in [-0.2, -0.15) is 0 Å². The molecule has 0 bridgehead atoms. The van der Waals surface area contributed by atoms with Gasteiger partial charge in [-0.3, -0.25) is 14.2 Å². The van der Waals surface area contributed by atoms with E-state index in [0.717, 1.165) is 32.1 Å². The number of nitrogens with one attached hydrogen (secondary N) is 1. The molecule has 0 aliphatic heterocycles. The average molecular weight is 388 g/mol. The van der Waals surface area contributed by atoms with Crippen LogP contribution in [-0.4, -0.2) is 21.2 Å². The molecule has 1 amide bonds. The molecule has 0 atom stereocenters. The van der Waals surface area contributed by atoms with Crippen molar-refractivity contribution in [1.29, 1.82) is 0 Å². The van der Waals surface area contributed by atoms with E-state index in [0.29, 0.717) is 10.5 Å². The van der Waals surface area contributed by atoms with Crippen LogP contribution in [0.2, 0.25) is 0 Å². The van der Waals surface area contributed by atoms with Crippen molar-refractivity contribution in [3.05, 3.63) is 50.1 Å². The zero-order chi connectivity index (χ0) is 19.0. The van der Waals surface area contributed by atoms with E-state index in [-0.39, 0.29) is 17.2 Å². The Kier molecular flexibility index (Phi) is 5.20. The first-order valence-corrected chi connectivity index (χ1v) is 10.0. The van der Waals surface area contributed by atoms with Gasteiger partial charge in [0, 0.05) is 17.6 Å². The largest absolute Gasteiger partial charge is 0.325 e. The maximum atomic E-state index is 12.6. The molecule has 7 heteroatoms. The second-order valence-electron chi connectivity index (χ2n) is 6.44. The number of benzene rings is 1. The molecule has 1 aromatic carbocycles. The second-order valence-corrected chi connectivity index (χ2v) is 8.58. The fourth-order valence-electron chi connectivity index (χ4n) is 2.86. The third-order valence-corrected chi connectivity index (χ3v) is 6.34. The fraction of sp³-hybridized carbons (Fsp3) is 0.316. The van der Waals surface area contributed by atoms with Crippen LogP contribution in [0.5, 0.6) is 0 Å². The van der Waals surface area contributed by atoms with Crippen LogP contribution in [0, 0.1) is 27.7 Å². The Morgan fingerprint density at radius 3 is 2.50 bits per heavy atom. The van der Waals surface area contributed by atoms with Gasteiger partial charge in [0.15, 0.2) is 5.16 Å². The second kappa shape index (κ2) is 7.25. The summed E-state index contributed by atoms with van der Waals surface area (Å²) in [5, 5.41) is 4.14. The minimum atomic E-state index is -0.118. The molecule has 0 saturated heterocycles. The van der Waals surface area contributed by atoms with Crippen molar-refractivity contribution in [1.82, 2.24) is 9.55 Å². The third kappa shape index (κ3) is 3.68. The van der Waals surface area contributed by atoms with E-state index in [1.807, 2.05) is 39.8 Å². The number of hydrogen-bond donors (Lipinski definition) is 1. The monoisotopic (exact) mass is 387 g/mol. The smallest absolute Gasteiger partial charge is 0.262 e. The predicted octanol–water partition coefficient (Wildman–Crippen LogP) is 3.96. The number of rotatable bonds is 4. The number of amides is 1. The minimum absolute atomic E-state index is 0.0610. The molecule has 0 unspecified atom stereocenters. The Balaban J connectivity index is 1.78. The molecule has 2 aromatic heterocycles. The van der Waals surface area contributed by atoms with E-state index in [4.69, 9.17) is 0 Å². The highest BCUT2D eigenvalue weighted by Crippen LogP contribution is 2.28. The van der Waals surface area contributed by atoms with Crippen molar-refractivity contribution in [3.8, 4) is 0 Å². The van der Waals surface area contributed by atoms with Gasteiger partial charge in [-0.1, -0.05) is 17.8 Å². The van der Waals surface area contributed by atoms with Crippen molar-refractivity contribution >= 4 is 44.9 Å². The number of aromatic nitrogens is 2. The number of thiophene rings is 1. The molecule has 0 radical (unpaired) electrons. The number of carbonyl (C=O) groups is 1. The molecule has 136 valence electrons. The SMILES string of the molecule is Cc1cc(C)cc(NC(=O)CSc2nc3sc(C)c(C)c3c(=O)n2C)c1. The average Bonchev–Trinajstić information content (AvgIpc) is 2.83. The first kappa shape index (κ1) is 18.7. The van der Waals surface area contributed by atoms with Gasteiger partial charge < -0.3 is 5.32 Å². The Hall–Kier alpha value is -2.12. The molecule has 26 heavy (non-hydrogen) atoms. The maximum absolute atomic E-state index is 12.6. The molecule has 1 N–H and O–H groups in total. The van der Waals surface area contributed by atoms with Crippen molar-refractivity contribution in [3.63, 3.8) is 0 Å². The van der Waals surface area contributed by atoms with Crippen molar-refractivity contribution in [2.45, 2.75) is 32.9 Å². The van der Waals surface area contributed by atoms with Gasteiger partial charge in [0.2, 0.25) is 5.91 Å². The Bertz CT molecular complexity index is 1050. The van der Waals surface area contributed by atoms with Gasteiger partial charge in [0.1, 0.15) is 4.83 Å². The molecular weight excluding hydrogens is 366 g/mol. The molecule has 0 spiro atoms. The minimum Gasteiger partial charge on any atom is -0.325 e. The van der Waals surface area contributed by atoms with Crippen LogP contribution in [0.15, 0.2) is 28.2 Å². The molecular formula is C19H21N3O2S2. The normalized spacial score (nSPS) is 11.1. The van der Waals surface area contributed by atoms with E-state index in [9.17, 15) is 9.59 Å². The summed E-state index contributed by atoms with van der Waals surface area (Å²) in [4.78, 5) is 31.3. The van der Waals surface area contributed by atoms with Crippen LogP contribution in [-0.2, 0) is 11.8 Å². The molecule has 0 aliphatic carbocycles. The molecule has 5 nitrogen and oxygen atoms in total. The van der Waals surface area contributed by atoms with Crippen LogP contribution >= 0.6 is 23.1 Å². The van der Waals surface area contributed by atoms with Crippen LogP contribution in [0.25, 0.3) is 10.2 Å². The molecule has 0 fully saturated rings. The quantitative estimate of drug-likeness (QED) is 0.544. The van der Waals surface area contributed by atoms with E-state index in [2.05, 4.69) is 16.4 Å². The molecule has 3 aromatic rings. The first-order valence-electron chi connectivity index (χ1n) is 8.24. The van der Waals surface area contributed by atoms with Gasteiger partial charge in [-0.05, 0) is 56.5 Å². The molecule has 2 heterocycles. The molecule has 3 rings (SSSR count). The summed E-state index contributed by atoms with van der Waals surface area (Å²) >= 11 is 2.79. The number of hydrogen-bond acceptors (Lipinski definition) is 5. The summed E-state index contributed by atoms with van der Waals surface area (Å²) in [7, 11) is 1.70. The van der Waals surface area contributed by atoms with Crippen LogP contribution < -0.4 is 10.9 Å². The lowest BCUT2D eigenvalue weighted by Gasteiger charge is -2.09. The summed E-state index contributed by atoms with van der Waals surface area (Å²) in [6.07, 6.45) is 0. The van der Waals surface area contributed by atoms with Gasteiger partial charge >= 0.3 is 0 Å². The van der Waals surface area contributed by atoms with Gasteiger partial charge in [-0.25, -0.2) is 4.98 Å². The van der Waals surface area contributed by atoms with Gasteiger partial charge in [0.25, 0.3) is 5.56 Å². The zero-order valence-electron chi connectivity index (χ0n) is 15.5. The third-order valence-electron chi connectivity index (χ3n) is 4.21. The van der Waals surface area contributed by atoms with Crippen molar-refractivity contribution < 1.29 is 4.79 Å². The van der Waals surface area contributed by atoms with E-state index >= 15 is 0 Å². The Labute approximate surface area is 160 Å². The number of aryl methyl sites for hydroxylation is 4. The van der Waals surface area contributed by atoms with Crippen LogP contribution in [0.4, 0.5) is 5.69 Å². The van der Waals surface area contributed by atoms with Gasteiger partial charge in [0.05, 0.1) is 11.1 Å². The van der Waals surface area contributed by atoms with Crippen molar-refractivity contribution in [2.75, 3.05) is 11.1 Å². The first-order chi connectivity index (χ1) is 12.3. The molecule has 0 saturated carbocycles. The number of nitrogens with zero attached hydrogens (tertiary/aromatic N) is 2. The highest BCUT2D eigenvalue weighted by Gasteiger charge is 2.15. The number of fused-ring (bicyclic) bond motifs is 1. The van der Waals surface area contributed by atoms with Crippen LogP contribution in [0.3, 0.4) is 0 Å². The topological polar surface area (TPSA) is 64.0 Å². The standard InChI is InChI=1S/C19H21N3O2S2/c1-10-6-11(2)8-14(7-10)20-15(23)9-25-19-21-17-16(18(24)22(19)5)12(3)13(4)26-17/h6-8H,9H2,1-5H3,(H,20,23). The lowest BCUT2D eigenvalue weighted by molar-refractivity contribution is -0.113. The summed E-state index contributed by atoms with van der Waals surface area (Å²) in [5.41, 5.74) is 3.92. The number of thioether (sulfide) groups is 1. The van der Waals surface area contributed by atoms with Crippen LogP contribution in [0.1, 0.15) is 21.6 Å². The summed E-state index contributed by atoms with van der Waals surface area (Å²) < 4.78 is 1.52. The van der Waals surface area contributed by atoms with E-state index < -0.39 is 0 Å². The van der Waals surface area contributed by atoms with E-state index in [1.165, 1.54) is 27.7 Å². The summed E-state index contributed by atoms with van der Waals surface area (Å²) in [6.45, 7) is 7.93. The number of carbonyl (C=O) groups excluding carboxylic acids is 1. The maximum Gasteiger partial charge on any atom is 0.262 e. The van der Waals surface area contributed by atoms with Crippen molar-refractivity contribution in [2.24, 2.45) is 7.05 Å². The summed E-state index contributed by atoms with van der Waals surface area (Å²) in [6, 6.07) is 5.93. The highest BCUT2D eigenvalue weighted by molar-refractivity contribution is 7.99. The van der Waals surface area contributed by atoms with E-state index in [1.54, 1.807) is 7.05 Å². The number of anilines is 1. The zero-order valence-corrected chi connectivity index (χ0v) is 17.1. The lowest BCUT2D eigenvalue weighted by Crippen LogP contribution is -2.21. The predicted molar refractivity (Wildman–Crippen MR) is 110 cm³/mol. The van der Waals surface area contributed by atoms with Gasteiger partial charge in [-0.15, -0.1) is 11.3 Å². The lowest BCUT2D eigenvalue weighted by atomic mass is 10.1. The molecule has 0 aliphatic rings. The fourth-order valence-corrected chi connectivity index (χ4v) is 4.70.